The highest BCUT2D eigenvalue weighted by atomic mass is 32.2. The third kappa shape index (κ3) is 7.15. The molecule has 0 radical (unpaired) electrons. The van der Waals surface area contributed by atoms with Gasteiger partial charge in [-0.3, -0.25) is 0 Å². The Bertz CT molecular complexity index is 411. The van der Waals surface area contributed by atoms with Gasteiger partial charge in [-0.2, -0.15) is 0 Å². The zero-order chi connectivity index (χ0) is 12.2. The van der Waals surface area contributed by atoms with E-state index in [0.29, 0.717) is 19.1 Å². The van der Waals surface area contributed by atoms with Crippen LogP contribution in [0.15, 0.2) is 0 Å². The van der Waals surface area contributed by atoms with Crippen LogP contribution in [0.5, 0.6) is 0 Å². The van der Waals surface area contributed by atoms with Gasteiger partial charge in [0.25, 0.3) is 0 Å². The normalized spacial score (nSPS) is 17.6. The highest BCUT2D eigenvalue weighted by molar-refractivity contribution is 7.93. The molecule has 0 atom stereocenters. The number of hydrogen-bond donors (Lipinski definition) is 2. The minimum Gasteiger partial charge on any atom is -0.313 e. The third-order valence-electron chi connectivity index (χ3n) is 2.18. The summed E-state index contributed by atoms with van der Waals surface area (Å²) in [6, 6.07) is 0.542. The molecule has 96 valence electrons. The Morgan fingerprint density at radius 3 is 2.19 bits per heavy atom. The summed E-state index contributed by atoms with van der Waals surface area (Å²) in [6.45, 7) is 0.894. The summed E-state index contributed by atoms with van der Waals surface area (Å²) >= 11 is 0. The zero-order valence-electron chi connectivity index (χ0n) is 9.27. The minimum absolute atomic E-state index is 0.308. The van der Waals surface area contributed by atoms with E-state index in [0.717, 1.165) is 19.1 Å². The van der Waals surface area contributed by atoms with Crippen molar-refractivity contribution in [3.05, 3.63) is 0 Å². The van der Waals surface area contributed by atoms with E-state index in [1.807, 2.05) is 0 Å². The maximum Gasteiger partial charge on any atom is 0.212 e. The molecule has 2 N–H and O–H groups in total. The summed E-state index contributed by atoms with van der Waals surface area (Å²) in [6.07, 6.45) is 3.33. The first-order valence-corrected chi connectivity index (χ1v) is 8.88. The van der Waals surface area contributed by atoms with E-state index < -0.39 is 19.9 Å². The van der Waals surface area contributed by atoms with Crippen LogP contribution in [0.3, 0.4) is 0 Å². The Hall–Kier alpha value is -0.180. The molecule has 0 spiro atoms. The first kappa shape index (κ1) is 13.9. The minimum atomic E-state index is -3.46. The molecule has 0 aromatic rings. The number of nitrogens with one attached hydrogen (secondary N) is 2. The fourth-order valence-corrected chi connectivity index (χ4v) is 3.75. The Labute approximate surface area is 96.8 Å². The quantitative estimate of drug-likeness (QED) is 0.535. The van der Waals surface area contributed by atoms with Crippen LogP contribution in [0.1, 0.15) is 12.8 Å². The van der Waals surface area contributed by atoms with E-state index in [4.69, 9.17) is 0 Å². The van der Waals surface area contributed by atoms with Gasteiger partial charge in [0.05, 0.1) is 11.5 Å². The number of sulfone groups is 1. The van der Waals surface area contributed by atoms with Crippen molar-refractivity contribution in [3.8, 4) is 0 Å². The van der Waals surface area contributed by atoms with E-state index in [1.54, 1.807) is 0 Å². The summed E-state index contributed by atoms with van der Waals surface area (Å²) in [5.41, 5.74) is 0. The predicted molar refractivity (Wildman–Crippen MR) is 62.5 cm³/mol. The van der Waals surface area contributed by atoms with Crippen LogP contribution in [-0.2, 0) is 19.9 Å². The molecule has 1 saturated carbocycles. The van der Waals surface area contributed by atoms with Crippen molar-refractivity contribution in [2.24, 2.45) is 0 Å². The molecule has 6 nitrogen and oxygen atoms in total. The van der Waals surface area contributed by atoms with Crippen LogP contribution in [0, 0.1) is 0 Å². The predicted octanol–water partition coefficient (Wildman–Crippen LogP) is -1.30. The molecule has 0 amide bonds. The van der Waals surface area contributed by atoms with Crippen LogP contribution in [0.4, 0.5) is 0 Å². The number of hydrogen-bond acceptors (Lipinski definition) is 5. The van der Waals surface area contributed by atoms with E-state index >= 15 is 0 Å². The molecule has 1 aliphatic rings. The maximum absolute atomic E-state index is 11.3. The second-order valence-corrected chi connectivity index (χ2v) is 8.26. The second kappa shape index (κ2) is 5.44. The molecule has 1 rings (SSSR count). The summed E-state index contributed by atoms with van der Waals surface area (Å²) in [4.78, 5) is 0. The van der Waals surface area contributed by atoms with Crippen molar-refractivity contribution in [1.82, 2.24) is 10.0 Å². The van der Waals surface area contributed by atoms with Crippen LogP contribution in [-0.4, -0.2) is 53.7 Å². The SMILES string of the molecule is CS(=O)(=O)CCS(=O)(=O)NCCNC1CC1. The fourth-order valence-electron chi connectivity index (χ4n) is 1.10. The van der Waals surface area contributed by atoms with Crippen LogP contribution in [0.2, 0.25) is 0 Å². The highest BCUT2D eigenvalue weighted by Gasteiger charge is 2.20. The zero-order valence-corrected chi connectivity index (χ0v) is 10.9. The lowest BCUT2D eigenvalue weighted by molar-refractivity contribution is 0.574. The lowest BCUT2D eigenvalue weighted by Gasteiger charge is -2.06. The molecular formula is C8H18N2O4S2. The molecule has 0 saturated heterocycles. The van der Waals surface area contributed by atoms with Gasteiger partial charge in [-0.15, -0.1) is 0 Å². The lowest BCUT2D eigenvalue weighted by atomic mass is 10.6. The average molecular weight is 270 g/mol. The van der Waals surface area contributed by atoms with Gasteiger partial charge in [0, 0.05) is 25.4 Å². The van der Waals surface area contributed by atoms with Gasteiger partial charge in [0.2, 0.25) is 10.0 Å². The molecular weight excluding hydrogens is 252 g/mol. The van der Waals surface area contributed by atoms with Gasteiger partial charge in [-0.05, 0) is 12.8 Å². The molecule has 1 fully saturated rings. The Morgan fingerprint density at radius 2 is 1.69 bits per heavy atom. The van der Waals surface area contributed by atoms with Crippen molar-refractivity contribution in [3.63, 3.8) is 0 Å². The van der Waals surface area contributed by atoms with Gasteiger partial charge in [-0.1, -0.05) is 0 Å². The Morgan fingerprint density at radius 1 is 1.06 bits per heavy atom. The lowest BCUT2D eigenvalue weighted by Crippen LogP contribution is -2.35. The third-order valence-corrected chi connectivity index (χ3v) is 4.77. The summed E-state index contributed by atoms with van der Waals surface area (Å²) in [5, 5.41) is 3.16. The topological polar surface area (TPSA) is 92.3 Å². The van der Waals surface area contributed by atoms with E-state index in [2.05, 4.69) is 10.0 Å². The average Bonchev–Trinajstić information content (AvgIpc) is 2.92. The van der Waals surface area contributed by atoms with Crippen LogP contribution < -0.4 is 10.0 Å². The molecule has 0 heterocycles. The molecule has 0 bridgehead atoms. The van der Waals surface area contributed by atoms with Gasteiger partial charge in [0.15, 0.2) is 0 Å². The number of rotatable bonds is 8. The maximum atomic E-state index is 11.3. The largest absolute Gasteiger partial charge is 0.313 e. The van der Waals surface area contributed by atoms with Crippen molar-refractivity contribution in [2.45, 2.75) is 18.9 Å². The first-order chi connectivity index (χ1) is 7.29. The standard InChI is InChI=1S/C8H18N2O4S2/c1-15(11,12)6-7-16(13,14)10-5-4-9-8-2-3-8/h8-10H,2-7H2,1H3. The molecule has 8 heteroatoms. The first-order valence-electron chi connectivity index (χ1n) is 5.17. The fraction of sp³-hybridized carbons (Fsp3) is 1.00. The Kier molecular flexibility index (Phi) is 4.72. The second-order valence-electron chi connectivity index (χ2n) is 4.07. The molecule has 0 aromatic heterocycles. The van der Waals surface area contributed by atoms with E-state index in [9.17, 15) is 16.8 Å². The molecule has 0 unspecified atom stereocenters. The smallest absolute Gasteiger partial charge is 0.212 e. The molecule has 0 aliphatic heterocycles. The summed E-state index contributed by atoms with van der Waals surface area (Å²) < 4.78 is 46.6. The monoisotopic (exact) mass is 270 g/mol. The van der Waals surface area contributed by atoms with Crippen molar-refractivity contribution in [2.75, 3.05) is 30.9 Å². The van der Waals surface area contributed by atoms with Crippen LogP contribution in [0.25, 0.3) is 0 Å². The summed E-state index contributed by atoms with van der Waals surface area (Å²) in [7, 11) is -6.69. The van der Waals surface area contributed by atoms with E-state index in [-0.39, 0.29) is 11.5 Å². The van der Waals surface area contributed by atoms with Gasteiger partial charge in [-0.25, -0.2) is 21.6 Å². The molecule has 1 aliphatic carbocycles. The van der Waals surface area contributed by atoms with Gasteiger partial charge >= 0.3 is 0 Å². The van der Waals surface area contributed by atoms with Crippen molar-refractivity contribution < 1.29 is 16.8 Å². The van der Waals surface area contributed by atoms with Crippen molar-refractivity contribution in [1.29, 1.82) is 0 Å². The Balaban J connectivity index is 2.17. The number of sulfonamides is 1. The van der Waals surface area contributed by atoms with E-state index in [1.165, 1.54) is 0 Å². The van der Waals surface area contributed by atoms with Crippen LogP contribution >= 0.6 is 0 Å². The highest BCUT2D eigenvalue weighted by Crippen LogP contribution is 2.17. The molecule has 0 aromatic carbocycles. The van der Waals surface area contributed by atoms with Crippen molar-refractivity contribution >= 4 is 19.9 Å². The molecule has 16 heavy (non-hydrogen) atoms. The van der Waals surface area contributed by atoms with Gasteiger partial charge in [0.1, 0.15) is 9.84 Å². The van der Waals surface area contributed by atoms with Gasteiger partial charge < -0.3 is 5.32 Å². The summed E-state index contributed by atoms with van der Waals surface area (Å²) in [5.74, 6) is -0.701.